The molecule has 0 aromatic carbocycles. The zero-order valence-corrected chi connectivity index (χ0v) is 21.6. The zero-order chi connectivity index (χ0) is 24.7. The van der Waals surface area contributed by atoms with Gasteiger partial charge < -0.3 is 29.3 Å². The molecule has 2 aromatic heterocycles. The average molecular weight is 537 g/mol. The van der Waals surface area contributed by atoms with Gasteiger partial charge in [-0.05, 0) is 37.5 Å². The fraction of sp³-hybridized carbons (Fsp3) is 0.700. The molecule has 14 heteroatoms. The Balaban J connectivity index is 1.45. The number of fused-ring (bicyclic) bond motifs is 3. The Hall–Kier alpha value is -1.03. The lowest BCUT2D eigenvalue weighted by molar-refractivity contribution is 0.0437. The van der Waals surface area contributed by atoms with E-state index >= 15 is 0 Å². The first-order valence-corrected chi connectivity index (χ1v) is 15.2. The highest BCUT2D eigenvalue weighted by Gasteiger charge is 2.39. The summed E-state index contributed by atoms with van der Waals surface area (Å²) in [6.07, 6.45) is 6.54. The molecule has 11 nitrogen and oxygen atoms in total. The summed E-state index contributed by atoms with van der Waals surface area (Å²) in [5.41, 5.74) is 1.72. The highest BCUT2D eigenvalue weighted by atomic mass is 35.5. The van der Waals surface area contributed by atoms with Gasteiger partial charge in [0.15, 0.2) is 11.1 Å². The van der Waals surface area contributed by atoms with Crippen LogP contribution in [0.2, 0.25) is 5.15 Å². The van der Waals surface area contributed by atoms with Crippen LogP contribution >= 0.6 is 26.8 Å². The third kappa shape index (κ3) is 6.20. The Morgan fingerprint density at radius 2 is 2.06 bits per heavy atom. The molecule has 0 saturated heterocycles. The van der Waals surface area contributed by atoms with Crippen LogP contribution in [0.1, 0.15) is 50.8 Å². The van der Waals surface area contributed by atoms with Crippen LogP contribution < -0.4 is 5.32 Å². The van der Waals surface area contributed by atoms with Gasteiger partial charge in [0.2, 0.25) is 0 Å². The fourth-order valence-corrected chi connectivity index (χ4v) is 8.02. The molecule has 0 amide bonds. The lowest BCUT2D eigenvalue weighted by Crippen LogP contribution is -2.26. The molecule has 2 bridgehead atoms. The van der Waals surface area contributed by atoms with Crippen LogP contribution in [-0.2, 0) is 18.4 Å². The first kappa shape index (κ1) is 26.0. The van der Waals surface area contributed by atoms with Gasteiger partial charge in [0, 0.05) is 25.1 Å². The maximum atomic E-state index is 11.9. The van der Waals surface area contributed by atoms with Crippen molar-refractivity contribution in [2.75, 3.05) is 24.9 Å². The van der Waals surface area contributed by atoms with E-state index in [-0.39, 0.29) is 12.5 Å². The normalized spacial score (nSPS) is 26.0. The number of methoxy groups -OCH3 is 1. The smallest absolute Gasteiger partial charge is 0.340 e. The van der Waals surface area contributed by atoms with Crippen LogP contribution in [-0.4, -0.2) is 61.0 Å². The van der Waals surface area contributed by atoms with Crippen molar-refractivity contribution in [2.24, 2.45) is 11.8 Å². The first-order valence-electron chi connectivity index (χ1n) is 11.3. The van der Waals surface area contributed by atoms with Crippen molar-refractivity contribution < 1.29 is 33.1 Å². The molecule has 0 radical (unpaired) electrons. The molecule has 4 N–H and O–H groups in total. The van der Waals surface area contributed by atoms with Gasteiger partial charge in [-0.2, -0.15) is 5.10 Å². The minimum absolute atomic E-state index is 0.183. The van der Waals surface area contributed by atoms with Crippen LogP contribution in [0.15, 0.2) is 12.3 Å². The van der Waals surface area contributed by atoms with Gasteiger partial charge in [0.1, 0.15) is 11.3 Å². The van der Waals surface area contributed by atoms with Gasteiger partial charge in [-0.3, -0.25) is 9.13 Å². The lowest BCUT2D eigenvalue weighted by Gasteiger charge is -2.24. The summed E-state index contributed by atoms with van der Waals surface area (Å²) in [6.45, 7) is 1.61. The van der Waals surface area contributed by atoms with E-state index in [1.165, 1.54) is 32.8 Å². The van der Waals surface area contributed by atoms with E-state index in [1.807, 2.05) is 13.0 Å². The number of nitrogens with one attached hydrogen (secondary N) is 1. The molecule has 2 saturated carbocycles. The number of ether oxygens (including phenoxy) is 1. The Labute approximate surface area is 202 Å². The van der Waals surface area contributed by atoms with Crippen molar-refractivity contribution in [3.05, 3.63) is 23.2 Å². The molecule has 190 valence electrons. The molecule has 2 aromatic rings. The molecule has 2 fully saturated rings. The molecular weight excluding hydrogens is 506 g/mol. The van der Waals surface area contributed by atoms with Crippen LogP contribution in [0.5, 0.6) is 0 Å². The van der Waals surface area contributed by atoms with Crippen molar-refractivity contribution in [1.29, 1.82) is 0 Å². The molecule has 6 atom stereocenters. The third-order valence-electron chi connectivity index (χ3n) is 6.79. The number of imidazole rings is 1. The summed E-state index contributed by atoms with van der Waals surface area (Å²) >= 11 is 6.34. The zero-order valence-electron chi connectivity index (χ0n) is 19.1. The van der Waals surface area contributed by atoms with Crippen LogP contribution in [0.4, 0.5) is 5.69 Å². The third-order valence-corrected chi connectivity index (χ3v) is 10.4. The maximum Gasteiger partial charge on any atom is 0.340 e. The number of hydrogen-bond donors (Lipinski definition) is 4. The van der Waals surface area contributed by atoms with Crippen molar-refractivity contribution in [3.63, 3.8) is 0 Å². The Bertz CT molecular complexity index is 1130. The molecule has 2 aliphatic rings. The van der Waals surface area contributed by atoms with Crippen LogP contribution in [0.3, 0.4) is 0 Å². The van der Waals surface area contributed by atoms with E-state index in [0.717, 1.165) is 17.1 Å². The van der Waals surface area contributed by atoms with Crippen molar-refractivity contribution >= 4 is 38.0 Å². The second-order valence-corrected chi connectivity index (χ2v) is 13.8. The lowest BCUT2D eigenvalue weighted by atomic mass is 9.95. The van der Waals surface area contributed by atoms with Crippen LogP contribution in [0.25, 0.3) is 5.52 Å². The molecular formula is C20H31ClN4O7P2. The van der Waals surface area contributed by atoms with Crippen LogP contribution in [0, 0.1) is 11.8 Å². The van der Waals surface area contributed by atoms with Gasteiger partial charge in [-0.15, -0.1) is 0 Å². The maximum absolute atomic E-state index is 11.9. The highest BCUT2D eigenvalue weighted by molar-refractivity contribution is 7.70. The van der Waals surface area contributed by atoms with Gasteiger partial charge in [0.05, 0.1) is 24.6 Å². The van der Waals surface area contributed by atoms with Crippen molar-refractivity contribution in [3.8, 4) is 0 Å². The van der Waals surface area contributed by atoms with Crippen molar-refractivity contribution in [1.82, 2.24) is 14.6 Å². The number of rotatable bonds is 11. The molecule has 5 unspecified atom stereocenters. The predicted octanol–water partition coefficient (Wildman–Crippen LogP) is 3.83. The van der Waals surface area contributed by atoms with Gasteiger partial charge >= 0.3 is 15.2 Å². The SMILES string of the molecule is CO[C@H](COP(=O)(O)CP(=O)(O)O)CC(C)c1ncc2c(NC3CC4CCC3C4)cc(Cl)nn12. The van der Waals surface area contributed by atoms with E-state index in [9.17, 15) is 14.0 Å². The summed E-state index contributed by atoms with van der Waals surface area (Å²) in [7, 11) is -7.72. The summed E-state index contributed by atoms with van der Waals surface area (Å²) in [4.78, 5) is 32.2. The monoisotopic (exact) mass is 536 g/mol. The number of aromatic nitrogens is 3. The minimum atomic E-state index is -4.69. The molecule has 34 heavy (non-hydrogen) atoms. The van der Waals surface area contributed by atoms with Gasteiger partial charge in [0.25, 0.3) is 0 Å². The standard InChI is InChI=1S/C20H31ClN4O7P2/c1-12(5-15(31-2)10-32-34(29,30)11-33(26,27)28)20-22-9-18-17(8-19(21)24-25(18)20)23-16-7-13-3-4-14(16)6-13/h8-9,12-16,23H,3-7,10-11H2,1-2H3,(H,29,30)(H2,26,27,28)/t12?,13?,14?,15-,16?/m0/s1. The molecule has 0 aliphatic heterocycles. The molecule has 0 spiro atoms. The summed E-state index contributed by atoms with van der Waals surface area (Å²) in [5, 5.41) is 8.44. The van der Waals surface area contributed by atoms with E-state index in [2.05, 4.69) is 15.4 Å². The van der Waals surface area contributed by atoms with E-state index in [4.69, 9.17) is 30.6 Å². The number of hydrogen-bond acceptors (Lipinski definition) is 7. The quantitative estimate of drug-likeness (QED) is 0.311. The topological polar surface area (TPSA) is 156 Å². The highest BCUT2D eigenvalue weighted by Crippen LogP contribution is 2.55. The van der Waals surface area contributed by atoms with Gasteiger partial charge in [-0.1, -0.05) is 24.9 Å². The number of anilines is 1. The second-order valence-electron chi connectivity index (χ2n) is 9.45. The Kier molecular flexibility index (Phi) is 7.77. The summed E-state index contributed by atoms with van der Waals surface area (Å²) in [6, 6.07) is 2.25. The number of nitrogens with zero attached hydrogens (tertiary/aromatic N) is 3. The summed E-state index contributed by atoms with van der Waals surface area (Å²) in [5.74, 6) is 0.724. The Morgan fingerprint density at radius 1 is 1.29 bits per heavy atom. The van der Waals surface area contributed by atoms with E-state index in [1.54, 1.807) is 10.7 Å². The van der Waals surface area contributed by atoms with Gasteiger partial charge in [-0.25, -0.2) is 9.50 Å². The van der Waals surface area contributed by atoms with E-state index in [0.29, 0.717) is 29.4 Å². The molecule has 2 aliphatic carbocycles. The number of halogens is 1. The fourth-order valence-electron chi connectivity index (χ4n) is 5.24. The average Bonchev–Trinajstić information content (AvgIpc) is 3.44. The predicted molar refractivity (Wildman–Crippen MR) is 127 cm³/mol. The molecule has 4 rings (SSSR count). The van der Waals surface area contributed by atoms with E-state index < -0.39 is 27.2 Å². The van der Waals surface area contributed by atoms with Crippen molar-refractivity contribution in [2.45, 2.75) is 57.1 Å². The minimum Gasteiger partial charge on any atom is -0.380 e. The Morgan fingerprint density at radius 3 is 2.68 bits per heavy atom. The first-order chi connectivity index (χ1) is 15.9. The largest absolute Gasteiger partial charge is 0.380 e. The summed E-state index contributed by atoms with van der Waals surface area (Å²) < 4.78 is 35.0. The second kappa shape index (κ2) is 10.1. The molecule has 2 heterocycles.